The molecule has 114 valence electrons. The highest BCUT2D eigenvalue weighted by Gasteiger charge is 2.18. The Morgan fingerprint density at radius 3 is 2.38 bits per heavy atom. The second kappa shape index (κ2) is 6.74. The van der Waals surface area contributed by atoms with Crippen molar-refractivity contribution in [1.82, 2.24) is 0 Å². The molecular weight excluding hydrogens is 290 g/mol. The standard InChI is InChI=1S/C15H19NO4S/c1-15(2,3)20-14(17)11-12(16)9-10-21(18,19)13-7-5-4-6-8-13/h4-8,12H,11,16H2,1-3H3/t12-/m1/s1. The molecule has 5 nitrogen and oxygen atoms in total. The summed E-state index contributed by atoms with van der Waals surface area (Å²) in [7, 11) is -3.72. The third kappa shape index (κ3) is 6.43. The Bertz CT molecular complexity index is 648. The van der Waals surface area contributed by atoms with E-state index in [9.17, 15) is 13.2 Å². The van der Waals surface area contributed by atoms with Crippen LogP contribution in [-0.4, -0.2) is 26.0 Å². The van der Waals surface area contributed by atoms with Crippen molar-refractivity contribution in [2.45, 2.75) is 43.7 Å². The first-order valence-electron chi connectivity index (χ1n) is 6.40. The number of carbonyl (C=O) groups is 1. The summed E-state index contributed by atoms with van der Waals surface area (Å²) in [5.41, 5.74) is 5.03. The van der Waals surface area contributed by atoms with Crippen LogP contribution in [0.15, 0.2) is 35.2 Å². The normalized spacial score (nSPS) is 13.0. The number of ether oxygens (including phenoxy) is 1. The van der Waals surface area contributed by atoms with Gasteiger partial charge < -0.3 is 10.5 Å². The van der Waals surface area contributed by atoms with E-state index in [1.54, 1.807) is 39.0 Å². The minimum Gasteiger partial charge on any atom is -0.460 e. The Hall–Kier alpha value is -1.84. The fourth-order valence-electron chi connectivity index (χ4n) is 1.43. The van der Waals surface area contributed by atoms with Crippen LogP contribution in [0.25, 0.3) is 0 Å². The molecule has 1 rings (SSSR count). The zero-order chi connectivity index (χ0) is 16.1. The van der Waals surface area contributed by atoms with Gasteiger partial charge in [-0.2, -0.15) is 0 Å². The molecule has 0 heterocycles. The van der Waals surface area contributed by atoms with E-state index < -0.39 is 27.4 Å². The van der Waals surface area contributed by atoms with Crippen molar-refractivity contribution < 1.29 is 17.9 Å². The summed E-state index contributed by atoms with van der Waals surface area (Å²) in [4.78, 5) is 11.6. The van der Waals surface area contributed by atoms with Crippen LogP contribution in [0.3, 0.4) is 0 Å². The van der Waals surface area contributed by atoms with Crippen molar-refractivity contribution in [3.05, 3.63) is 30.3 Å². The van der Waals surface area contributed by atoms with Crippen molar-refractivity contribution in [3.63, 3.8) is 0 Å². The molecule has 0 unspecified atom stereocenters. The zero-order valence-electron chi connectivity index (χ0n) is 12.3. The molecule has 0 aliphatic rings. The molecule has 0 aliphatic heterocycles. The number of nitrogens with two attached hydrogens (primary N) is 1. The highest BCUT2D eigenvalue weighted by Crippen LogP contribution is 2.10. The first kappa shape index (κ1) is 17.2. The maximum atomic E-state index is 11.9. The molecule has 0 spiro atoms. The molecule has 1 aromatic carbocycles. The van der Waals surface area contributed by atoms with E-state index in [0.717, 1.165) is 0 Å². The minimum atomic E-state index is -3.72. The van der Waals surface area contributed by atoms with Crippen LogP contribution >= 0.6 is 0 Å². The van der Waals surface area contributed by atoms with Gasteiger partial charge in [0.25, 0.3) is 0 Å². The maximum Gasteiger partial charge on any atom is 0.308 e. The molecule has 0 aliphatic carbocycles. The lowest BCUT2D eigenvalue weighted by atomic mass is 10.2. The van der Waals surface area contributed by atoms with Crippen molar-refractivity contribution in [2.75, 3.05) is 0 Å². The van der Waals surface area contributed by atoms with Crippen molar-refractivity contribution in [3.8, 4) is 11.2 Å². The van der Waals surface area contributed by atoms with Crippen molar-refractivity contribution in [2.24, 2.45) is 5.73 Å². The van der Waals surface area contributed by atoms with Crippen LogP contribution in [0.1, 0.15) is 27.2 Å². The molecule has 0 fully saturated rings. The summed E-state index contributed by atoms with van der Waals surface area (Å²) in [6.45, 7) is 5.21. The van der Waals surface area contributed by atoms with E-state index >= 15 is 0 Å². The van der Waals surface area contributed by atoms with Gasteiger partial charge in [-0.1, -0.05) is 24.1 Å². The van der Waals surface area contributed by atoms with Gasteiger partial charge in [-0.15, -0.1) is 0 Å². The predicted octanol–water partition coefficient (Wildman–Crippen LogP) is 1.48. The quantitative estimate of drug-likeness (QED) is 0.519. The summed E-state index contributed by atoms with van der Waals surface area (Å²) in [5.74, 6) is 1.86. The summed E-state index contributed by atoms with van der Waals surface area (Å²) in [5, 5.41) is 2.13. The van der Waals surface area contributed by atoms with Gasteiger partial charge >= 0.3 is 5.97 Å². The summed E-state index contributed by atoms with van der Waals surface area (Å²) in [6.07, 6.45) is -0.158. The summed E-state index contributed by atoms with van der Waals surface area (Å²) in [6, 6.07) is 6.93. The molecule has 0 saturated carbocycles. The van der Waals surface area contributed by atoms with E-state index in [-0.39, 0.29) is 11.3 Å². The lowest BCUT2D eigenvalue weighted by Crippen LogP contribution is -2.29. The smallest absolute Gasteiger partial charge is 0.308 e. The van der Waals surface area contributed by atoms with E-state index in [4.69, 9.17) is 10.5 Å². The zero-order valence-corrected chi connectivity index (χ0v) is 13.1. The van der Waals surface area contributed by atoms with Crippen molar-refractivity contribution >= 4 is 15.8 Å². The van der Waals surface area contributed by atoms with E-state index in [1.165, 1.54) is 12.1 Å². The molecule has 0 bridgehead atoms. The van der Waals surface area contributed by atoms with E-state index in [2.05, 4.69) is 11.2 Å². The number of benzene rings is 1. The second-order valence-corrected chi connectivity index (χ2v) is 7.14. The van der Waals surface area contributed by atoms with Gasteiger partial charge in [-0.3, -0.25) is 4.79 Å². The largest absolute Gasteiger partial charge is 0.460 e. The fraction of sp³-hybridized carbons (Fsp3) is 0.400. The Balaban J connectivity index is 2.72. The molecular formula is C15H19NO4S. The maximum absolute atomic E-state index is 11.9. The molecule has 6 heteroatoms. The number of hydrogen-bond donors (Lipinski definition) is 1. The fourth-order valence-corrected chi connectivity index (χ4v) is 2.37. The summed E-state index contributed by atoms with van der Waals surface area (Å²) < 4.78 is 28.9. The molecule has 0 saturated heterocycles. The Kier molecular flexibility index (Phi) is 5.53. The molecule has 0 radical (unpaired) electrons. The number of carbonyl (C=O) groups excluding carboxylic acids is 1. The Morgan fingerprint density at radius 1 is 1.29 bits per heavy atom. The van der Waals surface area contributed by atoms with Crippen LogP contribution < -0.4 is 5.73 Å². The van der Waals surface area contributed by atoms with Gasteiger partial charge in [0.15, 0.2) is 0 Å². The highest BCUT2D eigenvalue weighted by atomic mass is 32.2. The van der Waals surface area contributed by atoms with Gasteiger partial charge in [-0.25, -0.2) is 8.42 Å². The molecule has 1 aromatic rings. The SMILES string of the molecule is CC(C)(C)OC(=O)C[C@H](N)C#CS(=O)(=O)c1ccccc1. The third-order valence-electron chi connectivity index (χ3n) is 2.24. The predicted molar refractivity (Wildman–Crippen MR) is 79.8 cm³/mol. The Morgan fingerprint density at radius 2 is 1.86 bits per heavy atom. The minimum absolute atomic E-state index is 0.0990. The molecule has 0 amide bonds. The third-order valence-corrected chi connectivity index (χ3v) is 3.52. The highest BCUT2D eigenvalue weighted by molar-refractivity contribution is 7.96. The van der Waals surface area contributed by atoms with E-state index in [1.807, 2.05) is 0 Å². The van der Waals surface area contributed by atoms with Gasteiger partial charge in [0, 0.05) is 5.25 Å². The number of hydrogen-bond acceptors (Lipinski definition) is 5. The second-order valence-electron chi connectivity index (χ2n) is 5.46. The Labute approximate surface area is 125 Å². The monoisotopic (exact) mass is 309 g/mol. The molecule has 21 heavy (non-hydrogen) atoms. The lowest BCUT2D eigenvalue weighted by molar-refractivity contribution is -0.154. The topological polar surface area (TPSA) is 86.5 Å². The first-order valence-corrected chi connectivity index (χ1v) is 7.88. The lowest BCUT2D eigenvalue weighted by Gasteiger charge is -2.19. The molecule has 1 atom stereocenters. The van der Waals surface area contributed by atoms with Gasteiger partial charge in [0.1, 0.15) is 5.60 Å². The average molecular weight is 309 g/mol. The molecule has 2 N–H and O–H groups in total. The first-order chi connectivity index (χ1) is 9.60. The van der Waals surface area contributed by atoms with Crippen molar-refractivity contribution in [1.29, 1.82) is 0 Å². The van der Waals surface area contributed by atoms with E-state index in [0.29, 0.717) is 0 Å². The average Bonchev–Trinajstić information content (AvgIpc) is 2.35. The number of esters is 1. The molecule has 0 aromatic heterocycles. The number of sulfone groups is 1. The van der Waals surface area contributed by atoms with Crippen LogP contribution in [0.4, 0.5) is 0 Å². The van der Waals surface area contributed by atoms with Gasteiger partial charge in [0.05, 0.1) is 17.4 Å². The van der Waals surface area contributed by atoms with Crippen LogP contribution in [0, 0.1) is 11.2 Å². The van der Waals surface area contributed by atoms with Gasteiger partial charge in [0.2, 0.25) is 9.84 Å². The van der Waals surface area contributed by atoms with Crippen LogP contribution in [0.5, 0.6) is 0 Å². The number of rotatable bonds is 3. The van der Waals surface area contributed by atoms with Crippen LogP contribution in [-0.2, 0) is 19.4 Å². The summed E-state index contributed by atoms with van der Waals surface area (Å²) >= 11 is 0. The van der Waals surface area contributed by atoms with Gasteiger partial charge in [-0.05, 0) is 32.9 Å². The van der Waals surface area contributed by atoms with Crippen LogP contribution in [0.2, 0.25) is 0 Å².